The Morgan fingerprint density at radius 3 is 2.33 bits per heavy atom. The Labute approximate surface area is 161 Å². The van der Waals surface area contributed by atoms with Gasteiger partial charge in [0, 0.05) is 30.1 Å². The van der Waals surface area contributed by atoms with Crippen LogP contribution in [-0.4, -0.2) is 44.9 Å². The molecule has 0 aliphatic rings. The number of carbonyl (C=O) groups is 1. The fourth-order valence-electron chi connectivity index (χ4n) is 2.47. The van der Waals surface area contributed by atoms with Crippen LogP contribution in [0.5, 0.6) is 17.2 Å². The number of thioether (sulfide) groups is 1. The highest BCUT2D eigenvalue weighted by atomic mass is 32.2. The molecule has 2 rings (SSSR count). The molecule has 1 amide bonds. The Morgan fingerprint density at radius 2 is 1.74 bits per heavy atom. The molecule has 8 heteroatoms. The maximum Gasteiger partial charge on any atom is 0.232 e. The number of methoxy groups -OCH3 is 3. The summed E-state index contributed by atoms with van der Waals surface area (Å²) < 4.78 is 42.6. The first-order chi connectivity index (χ1) is 12.9. The molecular formula is C19H21F2NO4S. The molecule has 0 radical (unpaired) electrons. The van der Waals surface area contributed by atoms with Crippen LogP contribution in [0.15, 0.2) is 35.2 Å². The molecule has 0 aliphatic heterocycles. The molecule has 0 bridgehead atoms. The maximum atomic E-state index is 13.7. The highest BCUT2D eigenvalue weighted by Crippen LogP contribution is 2.40. The van der Waals surface area contributed by atoms with Crippen molar-refractivity contribution in [3.63, 3.8) is 0 Å². The van der Waals surface area contributed by atoms with Gasteiger partial charge in [-0.1, -0.05) is 0 Å². The number of ether oxygens (including phenoxy) is 3. The topological polar surface area (TPSA) is 48.0 Å². The summed E-state index contributed by atoms with van der Waals surface area (Å²) in [6, 6.07) is 6.80. The van der Waals surface area contributed by atoms with Crippen molar-refractivity contribution in [1.82, 2.24) is 4.90 Å². The summed E-state index contributed by atoms with van der Waals surface area (Å²) in [4.78, 5) is 14.1. The van der Waals surface area contributed by atoms with Gasteiger partial charge in [-0.15, -0.1) is 11.8 Å². The Balaban J connectivity index is 2.07. The quantitative estimate of drug-likeness (QED) is 0.635. The first-order valence-electron chi connectivity index (χ1n) is 8.00. The maximum absolute atomic E-state index is 13.7. The first-order valence-corrected chi connectivity index (χ1v) is 8.99. The molecule has 2 aromatic rings. The molecule has 0 fully saturated rings. The minimum absolute atomic E-state index is 0.0225. The van der Waals surface area contributed by atoms with Crippen molar-refractivity contribution in [1.29, 1.82) is 0 Å². The monoisotopic (exact) mass is 397 g/mol. The molecular weight excluding hydrogens is 376 g/mol. The third-order valence-corrected chi connectivity index (χ3v) is 4.90. The summed E-state index contributed by atoms with van der Waals surface area (Å²) in [5.74, 6) is -0.0723. The summed E-state index contributed by atoms with van der Waals surface area (Å²) in [5, 5.41) is 0. The van der Waals surface area contributed by atoms with Crippen molar-refractivity contribution in [3.8, 4) is 17.2 Å². The molecule has 0 heterocycles. The van der Waals surface area contributed by atoms with E-state index < -0.39 is 11.6 Å². The van der Waals surface area contributed by atoms with Crippen molar-refractivity contribution >= 4 is 17.7 Å². The van der Waals surface area contributed by atoms with E-state index in [4.69, 9.17) is 14.2 Å². The van der Waals surface area contributed by atoms with Gasteiger partial charge in [-0.2, -0.15) is 0 Å². The zero-order valence-electron chi connectivity index (χ0n) is 15.5. The predicted octanol–water partition coefficient (Wildman–Crippen LogP) is 3.74. The van der Waals surface area contributed by atoms with Crippen molar-refractivity contribution in [3.05, 3.63) is 47.5 Å². The predicted molar refractivity (Wildman–Crippen MR) is 99.7 cm³/mol. The molecule has 0 aromatic heterocycles. The first kappa shape index (κ1) is 20.8. The Morgan fingerprint density at radius 1 is 1.04 bits per heavy atom. The molecule has 0 N–H and O–H groups in total. The Hall–Kier alpha value is -2.48. The SMILES string of the molecule is COc1ccc(CN(C)C(=O)CSc2ccc(F)cc2F)c(OC)c1OC. The second-order valence-electron chi connectivity index (χ2n) is 5.61. The molecule has 0 aliphatic carbocycles. The van der Waals surface area contributed by atoms with E-state index in [1.165, 1.54) is 32.3 Å². The summed E-state index contributed by atoms with van der Waals surface area (Å²) >= 11 is 1.02. The van der Waals surface area contributed by atoms with E-state index >= 15 is 0 Å². The molecule has 5 nitrogen and oxygen atoms in total. The number of carbonyl (C=O) groups excluding carboxylic acids is 1. The molecule has 0 saturated carbocycles. The fourth-order valence-corrected chi connectivity index (χ4v) is 3.33. The number of amides is 1. The zero-order chi connectivity index (χ0) is 20.0. The van der Waals surface area contributed by atoms with Crippen LogP contribution in [0.2, 0.25) is 0 Å². The third kappa shape index (κ3) is 5.03. The minimum Gasteiger partial charge on any atom is -0.493 e. The van der Waals surface area contributed by atoms with Crippen molar-refractivity contribution in [2.24, 2.45) is 0 Å². The van der Waals surface area contributed by atoms with Crippen LogP contribution in [0, 0.1) is 11.6 Å². The average molecular weight is 397 g/mol. The van der Waals surface area contributed by atoms with Gasteiger partial charge in [0.05, 0.1) is 27.1 Å². The van der Waals surface area contributed by atoms with Gasteiger partial charge in [0.15, 0.2) is 11.5 Å². The van der Waals surface area contributed by atoms with Crippen LogP contribution in [0.25, 0.3) is 0 Å². The fraction of sp³-hybridized carbons (Fsp3) is 0.316. The van der Waals surface area contributed by atoms with Crippen LogP contribution in [0.4, 0.5) is 8.78 Å². The van der Waals surface area contributed by atoms with Crippen LogP contribution >= 0.6 is 11.8 Å². The van der Waals surface area contributed by atoms with Gasteiger partial charge in [0.2, 0.25) is 11.7 Å². The molecule has 146 valence electrons. The largest absolute Gasteiger partial charge is 0.493 e. The number of rotatable bonds is 8. The lowest BCUT2D eigenvalue weighted by Gasteiger charge is -2.21. The van der Waals surface area contributed by atoms with Gasteiger partial charge in [-0.3, -0.25) is 4.79 Å². The molecule has 0 saturated heterocycles. The van der Waals surface area contributed by atoms with Crippen LogP contribution in [-0.2, 0) is 11.3 Å². The molecule has 27 heavy (non-hydrogen) atoms. The van der Waals surface area contributed by atoms with Crippen LogP contribution in [0.1, 0.15) is 5.56 Å². The number of halogens is 2. The number of hydrogen-bond donors (Lipinski definition) is 0. The summed E-state index contributed by atoms with van der Waals surface area (Å²) in [6.07, 6.45) is 0. The van der Waals surface area contributed by atoms with E-state index in [0.29, 0.717) is 17.2 Å². The highest BCUT2D eigenvalue weighted by molar-refractivity contribution is 8.00. The van der Waals surface area contributed by atoms with E-state index in [-0.39, 0.29) is 23.1 Å². The van der Waals surface area contributed by atoms with E-state index in [9.17, 15) is 13.6 Å². The lowest BCUT2D eigenvalue weighted by molar-refractivity contribution is -0.127. The van der Waals surface area contributed by atoms with Gasteiger partial charge in [0.25, 0.3) is 0 Å². The lowest BCUT2D eigenvalue weighted by atomic mass is 10.1. The number of nitrogens with zero attached hydrogens (tertiary/aromatic N) is 1. The van der Waals surface area contributed by atoms with E-state index in [1.807, 2.05) is 0 Å². The summed E-state index contributed by atoms with van der Waals surface area (Å²) in [7, 11) is 6.18. The smallest absolute Gasteiger partial charge is 0.232 e. The zero-order valence-corrected chi connectivity index (χ0v) is 16.4. The van der Waals surface area contributed by atoms with Gasteiger partial charge in [-0.25, -0.2) is 8.78 Å². The number of benzene rings is 2. The third-order valence-electron chi connectivity index (χ3n) is 3.86. The summed E-state index contributed by atoms with van der Waals surface area (Å²) in [6.45, 7) is 0.273. The second kappa shape index (κ2) is 9.45. The van der Waals surface area contributed by atoms with Crippen LogP contribution in [0.3, 0.4) is 0 Å². The average Bonchev–Trinajstić information content (AvgIpc) is 2.66. The van der Waals surface area contributed by atoms with Crippen molar-refractivity contribution < 1.29 is 27.8 Å². The lowest BCUT2D eigenvalue weighted by Crippen LogP contribution is -2.28. The van der Waals surface area contributed by atoms with Crippen molar-refractivity contribution in [2.45, 2.75) is 11.4 Å². The highest BCUT2D eigenvalue weighted by Gasteiger charge is 2.19. The normalized spacial score (nSPS) is 10.4. The van der Waals surface area contributed by atoms with Gasteiger partial charge < -0.3 is 19.1 Å². The van der Waals surface area contributed by atoms with Gasteiger partial charge >= 0.3 is 0 Å². The molecule has 0 unspecified atom stereocenters. The molecule has 0 spiro atoms. The van der Waals surface area contributed by atoms with E-state index in [1.54, 1.807) is 19.2 Å². The Kier molecular flexibility index (Phi) is 7.29. The second-order valence-corrected chi connectivity index (χ2v) is 6.62. The molecule has 0 atom stereocenters. The Bertz CT molecular complexity index is 817. The number of hydrogen-bond acceptors (Lipinski definition) is 5. The van der Waals surface area contributed by atoms with Gasteiger partial charge in [0.1, 0.15) is 11.6 Å². The van der Waals surface area contributed by atoms with Gasteiger partial charge in [-0.05, 0) is 24.3 Å². The van der Waals surface area contributed by atoms with Crippen LogP contribution < -0.4 is 14.2 Å². The van der Waals surface area contributed by atoms with E-state index in [2.05, 4.69) is 0 Å². The standard InChI is InChI=1S/C19H21F2NO4S/c1-22(17(23)11-27-16-8-6-13(20)9-14(16)21)10-12-5-7-15(24-2)19(26-4)18(12)25-3/h5-9H,10-11H2,1-4H3. The van der Waals surface area contributed by atoms with Crippen molar-refractivity contribution in [2.75, 3.05) is 34.1 Å². The summed E-state index contributed by atoms with van der Waals surface area (Å²) in [5.41, 5.74) is 0.740. The molecule has 2 aromatic carbocycles. The minimum atomic E-state index is -0.683. The van der Waals surface area contributed by atoms with E-state index in [0.717, 1.165) is 29.5 Å².